The highest BCUT2D eigenvalue weighted by Crippen LogP contribution is 2.25. The minimum atomic E-state index is 0.409. The van der Waals surface area contributed by atoms with E-state index in [4.69, 9.17) is 4.52 Å². The van der Waals surface area contributed by atoms with E-state index in [1.54, 1.807) is 0 Å². The number of rotatable bonds is 1. The van der Waals surface area contributed by atoms with Crippen molar-refractivity contribution in [3.8, 4) is 0 Å². The Hall–Kier alpha value is -0.900. The van der Waals surface area contributed by atoms with Gasteiger partial charge in [-0.2, -0.15) is 4.98 Å². The summed E-state index contributed by atoms with van der Waals surface area (Å²) in [6.07, 6.45) is 0. The quantitative estimate of drug-likeness (QED) is 0.669. The summed E-state index contributed by atoms with van der Waals surface area (Å²) in [6, 6.07) is 0. The summed E-state index contributed by atoms with van der Waals surface area (Å²) in [5.74, 6) is 2.52. The van der Waals surface area contributed by atoms with Crippen LogP contribution >= 0.6 is 0 Å². The van der Waals surface area contributed by atoms with Gasteiger partial charge >= 0.3 is 0 Å². The van der Waals surface area contributed by atoms with Gasteiger partial charge in [-0.05, 0) is 19.4 Å². The molecule has 0 spiro atoms. The molecule has 4 heteroatoms. The van der Waals surface area contributed by atoms with Gasteiger partial charge in [-0.1, -0.05) is 12.1 Å². The summed E-state index contributed by atoms with van der Waals surface area (Å²) < 4.78 is 5.12. The van der Waals surface area contributed by atoms with Crippen LogP contribution in [0, 0.1) is 12.8 Å². The molecular weight excluding hydrogens is 154 g/mol. The minimum Gasteiger partial charge on any atom is -0.339 e. The van der Waals surface area contributed by atoms with E-state index < -0.39 is 0 Å². The third kappa shape index (κ3) is 1.22. The van der Waals surface area contributed by atoms with E-state index in [9.17, 15) is 0 Å². The van der Waals surface area contributed by atoms with E-state index in [0.717, 1.165) is 24.8 Å². The largest absolute Gasteiger partial charge is 0.339 e. The Morgan fingerprint density at radius 3 is 2.83 bits per heavy atom. The third-order valence-electron chi connectivity index (χ3n) is 2.38. The van der Waals surface area contributed by atoms with Gasteiger partial charge in [0.1, 0.15) is 0 Å². The van der Waals surface area contributed by atoms with Crippen LogP contribution in [0.5, 0.6) is 0 Å². The molecule has 1 N–H and O–H groups in total. The average Bonchev–Trinajstić information content (AvgIpc) is 2.58. The summed E-state index contributed by atoms with van der Waals surface area (Å²) in [7, 11) is 0. The SMILES string of the molecule is Cc1noc(C2CNCC2C)n1. The van der Waals surface area contributed by atoms with Crippen LogP contribution in [0.4, 0.5) is 0 Å². The third-order valence-corrected chi connectivity index (χ3v) is 2.38. The Morgan fingerprint density at radius 1 is 1.50 bits per heavy atom. The number of aryl methyl sites for hydroxylation is 1. The molecule has 0 bridgehead atoms. The fraction of sp³-hybridized carbons (Fsp3) is 0.750. The van der Waals surface area contributed by atoms with E-state index in [-0.39, 0.29) is 0 Å². The van der Waals surface area contributed by atoms with Crippen molar-refractivity contribution in [1.82, 2.24) is 15.5 Å². The minimum absolute atomic E-state index is 0.409. The van der Waals surface area contributed by atoms with Crippen LogP contribution in [0.15, 0.2) is 4.52 Å². The number of hydrogen-bond acceptors (Lipinski definition) is 4. The average molecular weight is 167 g/mol. The van der Waals surface area contributed by atoms with E-state index in [0.29, 0.717) is 11.8 Å². The highest BCUT2D eigenvalue weighted by atomic mass is 16.5. The van der Waals surface area contributed by atoms with Crippen molar-refractivity contribution in [1.29, 1.82) is 0 Å². The summed E-state index contributed by atoms with van der Waals surface area (Å²) >= 11 is 0. The molecule has 0 radical (unpaired) electrons. The molecule has 66 valence electrons. The predicted octanol–water partition coefficient (Wildman–Crippen LogP) is 0.701. The molecule has 4 nitrogen and oxygen atoms in total. The van der Waals surface area contributed by atoms with Gasteiger partial charge in [0.25, 0.3) is 0 Å². The summed E-state index contributed by atoms with van der Waals surface area (Å²) in [4.78, 5) is 4.23. The lowest BCUT2D eigenvalue weighted by Crippen LogP contribution is -2.08. The van der Waals surface area contributed by atoms with Crippen molar-refractivity contribution in [3.63, 3.8) is 0 Å². The summed E-state index contributed by atoms with van der Waals surface area (Å²) in [5.41, 5.74) is 0. The van der Waals surface area contributed by atoms with Crippen LogP contribution in [0.25, 0.3) is 0 Å². The highest BCUT2D eigenvalue weighted by Gasteiger charge is 2.28. The molecule has 0 aliphatic carbocycles. The van der Waals surface area contributed by atoms with Crippen molar-refractivity contribution in [2.75, 3.05) is 13.1 Å². The Balaban J connectivity index is 2.19. The van der Waals surface area contributed by atoms with Gasteiger partial charge in [0.15, 0.2) is 5.82 Å². The van der Waals surface area contributed by atoms with E-state index in [1.165, 1.54) is 0 Å². The number of nitrogens with zero attached hydrogens (tertiary/aromatic N) is 2. The molecular formula is C8H13N3O. The van der Waals surface area contributed by atoms with Crippen LogP contribution < -0.4 is 5.32 Å². The van der Waals surface area contributed by atoms with Crippen molar-refractivity contribution < 1.29 is 4.52 Å². The zero-order chi connectivity index (χ0) is 8.55. The number of hydrogen-bond donors (Lipinski definition) is 1. The topological polar surface area (TPSA) is 51.0 Å². The van der Waals surface area contributed by atoms with Crippen molar-refractivity contribution >= 4 is 0 Å². The van der Waals surface area contributed by atoms with Gasteiger partial charge in [-0.3, -0.25) is 0 Å². The zero-order valence-corrected chi connectivity index (χ0v) is 7.37. The molecule has 1 saturated heterocycles. The van der Waals surface area contributed by atoms with Crippen molar-refractivity contribution in [2.45, 2.75) is 19.8 Å². The second-order valence-electron chi connectivity index (χ2n) is 3.42. The van der Waals surface area contributed by atoms with Gasteiger partial charge in [-0.15, -0.1) is 0 Å². The zero-order valence-electron chi connectivity index (χ0n) is 7.37. The van der Waals surface area contributed by atoms with E-state index in [1.807, 2.05) is 6.92 Å². The molecule has 1 aromatic rings. The smallest absolute Gasteiger partial charge is 0.231 e. The van der Waals surface area contributed by atoms with Gasteiger partial charge in [0.2, 0.25) is 5.89 Å². The van der Waals surface area contributed by atoms with Crippen LogP contribution in [-0.4, -0.2) is 23.2 Å². The first-order chi connectivity index (χ1) is 5.77. The lowest BCUT2D eigenvalue weighted by Gasteiger charge is -2.06. The molecule has 2 heterocycles. The van der Waals surface area contributed by atoms with Crippen molar-refractivity contribution in [3.05, 3.63) is 11.7 Å². The first-order valence-corrected chi connectivity index (χ1v) is 4.28. The highest BCUT2D eigenvalue weighted by molar-refractivity contribution is 4.99. The van der Waals surface area contributed by atoms with Crippen LogP contribution in [0.3, 0.4) is 0 Å². The number of aromatic nitrogens is 2. The van der Waals surface area contributed by atoms with E-state index >= 15 is 0 Å². The molecule has 2 rings (SSSR count). The first kappa shape index (κ1) is 7.73. The van der Waals surface area contributed by atoms with Gasteiger partial charge in [-0.25, -0.2) is 0 Å². The summed E-state index contributed by atoms with van der Waals surface area (Å²) in [6.45, 7) is 6.05. The molecule has 12 heavy (non-hydrogen) atoms. The molecule has 0 saturated carbocycles. The molecule has 2 atom stereocenters. The van der Waals surface area contributed by atoms with Crippen LogP contribution in [0.1, 0.15) is 24.6 Å². The van der Waals surface area contributed by atoms with Gasteiger partial charge in [0, 0.05) is 6.54 Å². The van der Waals surface area contributed by atoms with E-state index in [2.05, 4.69) is 22.4 Å². The molecule has 1 fully saturated rings. The Labute approximate surface area is 71.4 Å². The normalized spacial score (nSPS) is 29.5. The number of nitrogens with one attached hydrogen (secondary N) is 1. The maximum atomic E-state index is 5.12. The van der Waals surface area contributed by atoms with Crippen LogP contribution in [0.2, 0.25) is 0 Å². The molecule has 1 aliphatic heterocycles. The molecule has 1 aromatic heterocycles. The molecule has 1 aliphatic rings. The Bertz CT molecular complexity index is 271. The van der Waals surface area contributed by atoms with Gasteiger partial charge < -0.3 is 9.84 Å². The lowest BCUT2D eigenvalue weighted by molar-refractivity contribution is 0.337. The second-order valence-corrected chi connectivity index (χ2v) is 3.42. The fourth-order valence-corrected chi connectivity index (χ4v) is 1.60. The summed E-state index contributed by atoms with van der Waals surface area (Å²) in [5, 5.41) is 7.08. The lowest BCUT2D eigenvalue weighted by atomic mass is 9.98. The Morgan fingerprint density at radius 2 is 2.33 bits per heavy atom. The van der Waals surface area contributed by atoms with Gasteiger partial charge in [0.05, 0.1) is 5.92 Å². The monoisotopic (exact) mass is 167 g/mol. The Kier molecular flexibility index (Phi) is 1.84. The first-order valence-electron chi connectivity index (χ1n) is 4.28. The second kappa shape index (κ2) is 2.86. The standard InChI is InChI=1S/C8H13N3O/c1-5-3-9-4-7(5)8-10-6(2)11-12-8/h5,7,9H,3-4H2,1-2H3. The fourth-order valence-electron chi connectivity index (χ4n) is 1.60. The predicted molar refractivity (Wildman–Crippen MR) is 43.8 cm³/mol. The maximum Gasteiger partial charge on any atom is 0.231 e. The molecule has 0 amide bonds. The maximum absolute atomic E-state index is 5.12. The molecule has 2 unspecified atom stereocenters. The van der Waals surface area contributed by atoms with Crippen molar-refractivity contribution in [2.24, 2.45) is 5.92 Å². The van der Waals surface area contributed by atoms with Crippen LogP contribution in [-0.2, 0) is 0 Å². The molecule has 0 aromatic carbocycles.